The second-order valence-electron chi connectivity index (χ2n) is 5.86. The number of hydrogen-bond donors (Lipinski definition) is 1. The van der Waals surface area contributed by atoms with Gasteiger partial charge in [-0.2, -0.15) is 0 Å². The number of likely N-dealkylation sites (N-methyl/N-ethyl adjacent to an activating group) is 1. The van der Waals surface area contributed by atoms with E-state index in [2.05, 4.69) is 24.0 Å². The number of ether oxygens (including phenoxy) is 2. The van der Waals surface area contributed by atoms with Crippen LogP contribution in [0.2, 0.25) is 0 Å². The summed E-state index contributed by atoms with van der Waals surface area (Å²) in [4.78, 5) is 2.40. The third-order valence-corrected chi connectivity index (χ3v) is 3.92. The van der Waals surface area contributed by atoms with E-state index in [1.807, 2.05) is 19.1 Å². The normalized spacial score (nSPS) is 21.2. The van der Waals surface area contributed by atoms with Gasteiger partial charge in [0.25, 0.3) is 0 Å². The fourth-order valence-electron chi connectivity index (χ4n) is 2.50. The summed E-state index contributed by atoms with van der Waals surface area (Å²) in [7, 11) is 0. The Morgan fingerprint density at radius 3 is 2.81 bits per heavy atom. The highest BCUT2D eigenvalue weighted by atomic mass is 16.5. The van der Waals surface area contributed by atoms with Crippen molar-refractivity contribution in [2.75, 3.05) is 32.8 Å². The first kappa shape index (κ1) is 16.3. The van der Waals surface area contributed by atoms with Crippen molar-refractivity contribution in [3.8, 4) is 5.75 Å². The standard InChI is InChI=1S/C17H28N2O2/c1-3-19-10-11-20-17(12-19)13-21-16-8-6-15(7-9-16)5-4-14(2)18/h6-9,14,17H,3-5,10-13,18H2,1-2H3. The van der Waals surface area contributed by atoms with Crippen LogP contribution in [0, 0.1) is 0 Å². The van der Waals surface area contributed by atoms with E-state index in [0.29, 0.717) is 6.61 Å². The number of rotatable bonds is 7. The van der Waals surface area contributed by atoms with Crippen molar-refractivity contribution in [3.05, 3.63) is 29.8 Å². The molecule has 21 heavy (non-hydrogen) atoms. The van der Waals surface area contributed by atoms with E-state index in [1.54, 1.807) is 0 Å². The largest absolute Gasteiger partial charge is 0.491 e. The Hall–Kier alpha value is -1.10. The number of nitrogens with zero attached hydrogens (tertiary/aromatic N) is 1. The first-order valence-electron chi connectivity index (χ1n) is 7.98. The van der Waals surface area contributed by atoms with Crippen LogP contribution in [0.4, 0.5) is 0 Å². The minimum Gasteiger partial charge on any atom is -0.491 e. The van der Waals surface area contributed by atoms with Gasteiger partial charge in [-0.1, -0.05) is 19.1 Å². The lowest BCUT2D eigenvalue weighted by Crippen LogP contribution is -2.44. The Balaban J connectivity index is 1.75. The van der Waals surface area contributed by atoms with Gasteiger partial charge >= 0.3 is 0 Å². The van der Waals surface area contributed by atoms with Crippen LogP contribution in [-0.2, 0) is 11.2 Å². The fourth-order valence-corrected chi connectivity index (χ4v) is 2.50. The average molecular weight is 292 g/mol. The summed E-state index contributed by atoms with van der Waals surface area (Å²) in [5.74, 6) is 0.914. The van der Waals surface area contributed by atoms with E-state index in [0.717, 1.165) is 44.8 Å². The maximum absolute atomic E-state index is 5.84. The smallest absolute Gasteiger partial charge is 0.119 e. The highest BCUT2D eigenvalue weighted by molar-refractivity contribution is 5.27. The molecule has 0 aromatic heterocycles. The molecule has 118 valence electrons. The molecule has 0 spiro atoms. The zero-order chi connectivity index (χ0) is 15.1. The molecule has 0 bridgehead atoms. The summed E-state index contributed by atoms with van der Waals surface area (Å²) in [6, 6.07) is 8.58. The summed E-state index contributed by atoms with van der Waals surface area (Å²) in [5, 5.41) is 0. The molecule has 2 rings (SSSR count). The molecule has 0 radical (unpaired) electrons. The third-order valence-electron chi connectivity index (χ3n) is 3.92. The second-order valence-corrected chi connectivity index (χ2v) is 5.86. The maximum Gasteiger partial charge on any atom is 0.119 e. The van der Waals surface area contributed by atoms with Crippen LogP contribution in [0.15, 0.2) is 24.3 Å². The minimum atomic E-state index is 0.177. The summed E-state index contributed by atoms with van der Waals surface area (Å²) in [6.45, 7) is 8.72. The van der Waals surface area contributed by atoms with E-state index >= 15 is 0 Å². The first-order valence-corrected chi connectivity index (χ1v) is 7.98. The maximum atomic E-state index is 5.84. The van der Waals surface area contributed by atoms with Crippen LogP contribution in [0.1, 0.15) is 25.8 Å². The van der Waals surface area contributed by atoms with Gasteiger partial charge in [-0.3, -0.25) is 4.90 Å². The molecule has 4 heteroatoms. The molecule has 2 atom stereocenters. The molecule has 1 saturated heterocycles. The van der Waals surface area contributed by atoms with E-state index in [9.17, 15) is 0 Å². The molecule has 2 unspecified atom stereocenters. The summed E-state index contributed by atoms with van der Waals surface area (Å²) < 4.78 is 11.6. The summed E-state index contributed by atoms with van der Waals surface area (Å²) >= 11 is 0. The predicted molar refractivity (Wildman–Crippen MR) is 85.8 cm³/mol. The molecule has 1 aromatic carbocycles. The van der Waals surface area contributed by atoms with E-state index in [4.69, 9.17) is 15.2 Å². The summed E-state index contributed by atoms with van der Waals surface area (Å²) in [5.41, 5.74) is 7.09. The van der Waals surface area contributed by atoms with Crippen molar-refractivity contribution >= 4 is 0 Å². The molecule has 1 fully saturated rings. The molecule has 0 aliphatic carbocycles. The van der Waals surface area contributed by atoms with Gasteiger partial charge < -0.3 is 15.2 Å². The van der Waals surface area contributed by atoms with E-state index in [1.165, 1.54) is 5.56 Å². The second kappa shape index (κ2) is 8.37. The number of morpholine rings is 1. The molecular formula is C17H28N2O2. The Kier molecular flexibility index (Phi) is 6.49. The zero-order valence-corrected chi connectivity index (χ0v) is 13.3. The number of nitrogens with two attached hydrogens (primary N) is 1. The van der Waals surface area contributed by atoms with Crippen molar-refractivity contribution in [2.24, 2.45) is 5.73 Å². The Morgan fingerprint density at radius 2 is 2.14 bits per heavy atom. The lowest BCUT2D eigenvalue weighted by atomic mass is 10.1. The van der Waals surface area contributed by atoms with Gasteiger partial charge in [-0.05, 0) is 44.0 Å². The molecule has 1 heterocycles. The molecule has 1 aliphatic heterocycles. The van der Waals surface area contributed by atoms with Gasteiger partial charge in [-0.25, -0.2) is 0 Å². The van der Waals surface area contributed by atoms with E-state index in [-0.39, 0.29) is 12.1 Å². The van der Waals surface area contributed by atoms with Gasteiger partial charge in [0, 0.05) is 19.1 Å². The van der Waals surface area contributed by atoms with Crippen molar-refractivity contribution in [3.63, 3.8) is 0 Å². The average Bonchev–Trinajstić information content (AvgIpc) is 2.52. The highest BCUT2D eigenvalue weighted by Gasteiger charge is 2.19. The predicted octanol–water partition coefficient (Wildman–Crippen LogP) is 2.07. The van der Waals surface area contributed by atoms with Crippen molar-refractivity contribution in [1.82, 2.24) is 4.90 Å². The molecule has 4 nitrogen and oxygen atoms in total. The monoisotopic (exact) mass is 292 g/mol. The SMILES string of the molecule is CCN1CCOC(COc2ccc(CCC(C)N)cc2)C1. The molecule has 0 amide bonds. The Labute approximate surface area is 128 Å². The van der Waals surface area contributed by atoms with Crippen molar-refractivity contribution in [1.29, 1.82) is 0 Å². The minimum absolute atomic E-state index is 0.177. The lowest BCUT2D eigenvalue weighted by molar-refractivity contribution is -0.0464. The number of aryl methyl sites for hydroxylation is 1. The lowest BCUT2D eigenvalue weighted by Gasteiger charge is -2.31. The van der Waals surface area contributed by atoms with Gasteiger partial charge in [-0.15, -0.1) is 0 Å². The molecule has 1 aromatic rings. The quantitative estimate of drug-likeness (QED) is 0.836. The van der Waals surface area contributed by atoms with Crippen LogP contribution >= 0.6 is 0 Å². The van der Waals surface area contributed by atoms with Crippen molar-refractivity contribution < 1.29 is 9.47 Å². The third kappa shape index (κ3) is 5.65. The van der Waals surface area contributed by atoms with Crippen LogP contribution in [0.5, 0.6) is 5.75 Å². The zero-order valence-electron chi connectivity index (χ0n) is 13.3. The molecule has 1 aliphatic rings. The van der Waals surface area contributed by atoms with Crippen LogP contribution in [0.25, 0.3) is 0 Å². The Bertz CT molecular complexity index is 406. The summed E-state index contributed by atoms with van der Waals surface area (Å²) in [6.07, 6.45) is 2.22. The van der Waals surface area contributed by atoms with E-state index < -0.39 is 0 Å². The number of benzene rings is 1. The highest BCUT2D eigenvalue weighted by Crippen LogP contribution is 2.15. The van der Waals surface area contributed by atoms with Gasteiger partial charge in [0.05, 0.1) is 6.61 Å². The van der Waals surface area contributed by atoms with Gasteiger partial charge in [0.2, 0.25) is 0 Å². The van der Waals surface area contributed by atoms with Crippen molar-refractivity contribution in [2.45, 2.75) is 38.8 Å². The van der Waals surface area contributed by atoms with Gasteiger partial charge in [0.15, 0.2) is 0 Å². The van der Waals surface area contributed by atoms with Crippen LogP contribution in [0.3, 0.4) is 0 Å². The first-order chi connectivity index (χ1) is 10.2. The fraction of sp³-hybridized carbons (Fsp3) is 0.647. The molecule has 0 saturated carbocycles. The Morgan fingerprint density at radius 1 is 1.38 bits per heavy atom. The van der Waals surface area contributed by atoms with Crippen LogP contribution < -0.4 is 10.5 Å². The van der Waals surface area contributed by atoms with Crippen LogP contribution in [-0.4, -0.2) is 49.9 Å². The number of hydrogen-bond acceptors (Lipinski definition) is 4. The topological polar surface area (TPSA) is 47.7 Å². The van der Waals surface area contributed by atoms with Gasteiger partial charge in [0.1, 0.15) is 18.5 Å². The molecular weight excluding hydrogens is 264 g/mol. The molecule has 2 N–H and O–H groups in total.